The van der Waals surface area contributed by atoms with Gasteiger partial charge in [0.1, 0.15) is 15.9 Å². The third kappa shape index (κ3) is 19.1. The zero-order valence-electron chi connectivity index (χ0n) is 36.9. The van der Waals surface area contributed by atoms with Crippen molar-refractivity contribution in [1.82, 2.24) is 45.2 Å². The molecule has 0 unspecified atom stereocenters. The number of carbonyl (C=O) groups excluding carboxylic acids is 1. The normalized spacial score (nSPS) is 13.9. The maximum atomic E-state index is 11.7. The number of nitrogens with two attached hydrogens (primary N) is 1. The number of hydrogen-bond donors (Lipinski definition) is 5. The summed E-state index contributed by atoms with van der Waals surface area (Å²) < 4.78 is 5.24. The van der Waals surface area contributed by atoms with Gasteiger partial charge in [-0.15, -0.1) is 0 Å². The van der Waals surface area contributed by atoms with Crippen molar-refractivity contribution in [1.29, 1.82) is 0 Å². The molecule has 18 heteroatoms. The minimum atomic E-state index is -0.494. The lowest BCUT2D eigenvalue weighted by atomic mass is 10.1. The highest BCUT2D eigenvalue weighted by atomic mass is 35.5. The Kier molecular flexibility index (Phi) is 18.4. The molecule has 4 heterocycles. The Bertz CT molecular complexity index is 2380. The van der Waals surface area contributed by atoms with Gasteiger partial charge in [-0.3, -0.25) is 0 Å². The zero-order chi connectivity index (χ0) is 46.0. The second-order valence-electron chi connectivity index (χ2n) is 16.8. The average Bonchev–Trinajstić information content (AvgIpc) is 4.15. The summed E-state index contributed by atoms with van der Waals surface area (Å²) >= 11 is 16.4. The van der Waals surface area contributed by atoms with Crippen LogP contribution in [0.4, 0.5) is 22.6 Å². The first kappa shape index (κ1) is 48.7. The fraction of sp³-hybridized carbons (Fsp3) is 0.383. The largest absolute Gasteiger partial charge is 0.444 e. The third-order valence-corrected chi connectivity index (χ3v) is 10.4. The van der Waals surface area contributed by atoms with E-state index in [-0.39, 0.29) is 5.28 Å². The number of halogens is 3. The maximum absolute atomic E-state index is 11.7. The summed E-state index contributed by atoms with van der Waals surface area (Å²) in [4.78, 5) is 44.6. The molecule has 65 heavy (non-hydrogen) atoms. The van der Waals surface area contributed by atoms with E-state index in [9.17, 15) is 4.79 Å². The summed E-state index contributed by atoms with van der Waals surface area (Å²) in [6.45, 7) is 9.42. The van der Waals surface area contributed by atoms with Gasteiger partial charge in [-0.1, -0.05) is 71.7 Å². The molecule has 0 bridgehead atoms. The van der Waals surface area contributed by atoms with Crippen molar-refractivity contribution in [2.45, 2.75) is 78.0 Å². The van der Waals surface area contributed by atoms with Crippen LogP contribution in [0.5, 0.6) is 0 Å². The summed E-state index contributed by atoms with van der Waals surface area (Å²) in [6, 6.07) is 23.2. The Morgan fingerprint density at radius 3 is 1.38 bits per heavy atom. The van der Waals surface area contributed by atoms with Gasteiger partial charge in [0.2, 0.25) is 23.1 Å². The molecule has 342 valence electrons. The Labute approximate surface area is 395 Å². The second kappa shape index (κ2) is 24.5. The van der Waals surface area contributed by atoms with Crippen molar-refractivity contribution in [2.24, 2.45) is 23.5 Å². The Hall–Kier alpha value is -5.74. The number of nitrogens with zero attached hydrogens (tertiary/aromatic N) is 8. The van der Waals surface area contributed by atoms with Crippen LogP contribution in [0.1, 0.15) is 70.4 Å². The molecule has 0 atom stereocenters. The first-order chi connectivity index (χ1) is 31.4. The maximum Gasteiger partial charge on any atom is 0.407 e. The van der Waals surface area contributed by atoms with E-state index in [1.54, 1.807) is 30.7 Å². The van der Waals surface area contributed by atoms with Crippen LogP contribution >= 0.6 is 34.8 Å². The number of rotatable bonds is 14. The van der Waals surface area contributed by atoms with E-state index in [4.69, 9.17) is 45.3 Å². The van der Waals surface area contributed by atoms with Crippen LogP contribution < -0.4 is 27.0 Å². The summed E-state index contributed by atoms with van der Waals surface area (Å²) in [7, 11) is 0. The number of alkyl carbamates (subject to hydrolysis) is 1. The molecular formula is C47H56Cl3N13O2. The fourth-order valence-electron chi connectivity index (χ4n) is 5.71. The minimum Gasteiger partial charge on any atom is -0.444 e. The van der Waals surface area contributed by atoms with Gasteiger partial charge in [0.05, 0.1) is 11.4 Å². The van der Waals surface area contributed by atoms with Gasteiger partial charge in [-0.2, -0.15) is 0 Å². The van der Waals surface area contributed by atoms with Crippen LogP contribution in [-0.2, 0) is 17.8 Å². The van der Waals surface area contributed by atoms with Gasteiger partial charge in [-0.25, -0.2) is 44.7 Å². The number of nitrogens with one attached hydrogen (secondary N) is 4. The van der Waals surface area contributed by atoms with Crippen LogP contribution in [0.15, 0.2) is 97.6 Å². The van der Waals surface area contributed by atoms with Crippen molar-refractivity contribution < 1.29 is 9.53 Å². The molecular weight excluding hydrogens is 885 g/mol. The molecule has 3 saturated carbocycles. The summed E-state index contributed by atoms with van der Waals surface area (Å²) in [5, 5.41) is 13.5. The molecule has 4 aromatic heterocycles. The first-order valence-corrected chi connectivity index (χ1v) is 22.9. The Morgan fingerprint density at radius 2 is 1.00 bits per heavy atom. The van der Waals surface area contributed by atoms with Gasteiger partial charge in [0.25, 0.3) is 0 Å². The van der Waals surface area contributed by atoms with Crippen molar-refractivity contribution in [2.75, 3.05) is 35.6 Å². The number of carbonyl (C=O) groups is 1. The highest BCUT2D eigenvalue weighted by Crippen LogP contribution is 2.30. The lowest BCUT2D eigenvalue weighted by molar-refractivity contribution is 0.0523. The number of ether oxygens (including phenoxy) is 1. The molecule has 2 aromatic carbocycles. The van der Waals surface area contributed by atoms with Crippen LogP contribution in [0, 0.1) is 17.8 Å². The lowest BCUT2D eigenvalue weighted by Crippen LogP contribution is -2.32. The van der Waals surface area contributed by atoms with E-state index in [1.807, 2.05) is 69.3 Å². The molecule has 0 saturated heterocycles. The van der Waals surface area contributed by atoms with Crippen LogP contribution in [0.3, 0.4) is 0 Å². The third-order valence-electron chi connectivity index (χ3n) is 9.83. The van der Waals surface area contributed by atoms with Crippen LogP contribution in [-0.4, -0.2) is 71.2 Å². The average molecular weight is 941 g/mol. The summed E-state index contributed by atoms with van der Waals surface area (Å²) in [6.07, 6.45) is 14.2. The van der Waals surface area contributed by atoms with Crippen LogP contribution in [0.25, 0.3) is 22.5 Å². The topological polar surface area (TPSA) is 204 Å². The van der Waals surface area contributed by atoms with E-state index in [2.05, 4.69) is 73.3 Å². The van der Waals surface area contributed by atoms with Crippen LogP contribution in [0.2, 0.25) is 15.6 Å². The van der Waals surface area contributed by atoms with Crippen molar-refractivity contribution in [3.8, 4) is 22.5 Å². The highest BCUT2D eigenvalue weighted by molar-refractivity contribution is 6.31. The number of aromatic nitrogens is 8. The molecule has 0 aliphatic heterocycles. The Morgan fingerprint density at radius 1 is 0.585 bits per heavy atom. The van der Waals surface area contributed by atoms with Gasteiger partial charge < -0.3 is 31.7 Å². The van der Waals surface area contributed by atoms with E-state index in [0.717, 1.165) is 71.0 Å². The SMILES string of the molecule is CC(C)(C)OC(=O)NCc1ccc(-c2ccnc(NCC3CC3)n2)cc1.Clc1ccnc(Cl)n1.Clc1ccnc(NCC2CC2)n1.NCc1ccc(-c2ccnc(NCC3CC3)n2)cc1. The lowest BCUT2D eigenvalue weighted by Gasteiger charge is -2.19. The van der Waals surface area contributed by atoms with Crippen molar-refractivity contribution in [3.63, 3.8) is 0 Å². The van der Waals surface area contributed by atoms with E-state index < -0.39 is 11.7 Å². The number of amides is 1. The Balaban J connectivity index is 0.000000156. The smallest absolute Gasteiger partial charge is 0.407 e. The standard InChI is InChI=1S/C20H26N4O2.C15H18N4.C8H10ClN3.C4H2Cl2N2/c1-20(2,3)26-19(25)23-13-15-6-8-16(9-7-15)17-10-11-21-18(24-17)22-12-14-4-5-14;16-9-11-3-5-13(6-4-11)14-7-8-17-15(19-14)18-10-12-1-2-12;9-7-3-4-10-8(12-7)11-5-6-1-2-6;5-3-1-2-7-4(6)8-3/h6-11,14H,4-5,12-13H2,1-3H3,(H,23,25)(H,21,22,24);3-8,12H,1-2,9-10,16H2,(H,17,18,19);3-4,6H,1-2,5H2,(H,10,11,12);1-2H. The second-order valence-corrected chi connectivity index (χ2v) is 17.9. The molecule has 15 nitrogen and oxygen atoms in total. The van der Waals surface area contributed by atoms with E-state index in [1.165, 1.54) is 44.7 Å². The van der Waals surface area contributed by atoms with E-state index in [0.29, 0.717) is 41.2 Å². The van der Waals surface area contributed by atoms with Gasteiger partial charge >= 0.3 is 6.09 Å². The molecule has 1 amide bonds. The fourth-order valence-corrected chi connectivity index (χ4v) is 6.18. The molecule has 6 aromatic rings. The quantitative estimate of drug-likeness (QED) is 0.0510. The monoisotopic (exact) mass is 939 g/mol. The molecule has 3 fully saturated rings. The van der Waals surface area contributed by atoms with Gasteiger partial charge in [0.15, 0.2) is 0 Å². The predicted molar refractivity (Wildman–Crippen MR) is 259 cm³/mol. The summed E-state index contributed by atoms with van der Waals surface area (Å²) in [5.41, 5.74) is 11.2. The van der Waals surface area contributed by atoms with Gasteiger partial charge in [-0.05, 0) is 124 Å². The molecule has 3 aliphatic carbocycles. The number of hydrogen-bond acceptors (Lipinski definition) is 14. The van der Waals surface area contributed by atoms with Crippen molar-refractivity contribution >= 4 is 58.7 Å². The molecule has 0 radical (unpaired) electrons. The number of anilines is 3. The number of benzene rings is 2. The molecule has 3 aliphatic rings. The minimum absolute atomic E-state index is 0.178. The van der Waals surface area contributed by atoms with Crippen molar-refractivity contribution in [3.05, 3.63) is 124 Å². The molecule has 6 N–H and O–H groups in total. The first-order valence-electron chi connectivity index (χ1n) is 21.7. The molecule has 0 spiro atoms. The van der Waals surface area contributed by atoms with Gasteiger partial charge in [0, 0.05) is 68.6 Å². The summed E-state index contributed by atoms with van der Waals surface area (Å²) in [5.74, 6) is 4.44. The van der Waals surface area contributed by atoms with E-state index >= 15 is 0 Å². The molecule has 9 rings (SSSR count). The highest BCUT2D eigenvalue weighted by Gasteiger charge is 2.22. The zero-order valence-corrected chi connectivity index (χ0v) is 39.1. The predicted octanol–water partition coefficient (Wildman–Crippen LogP) is 10.1.